The molecule has 0 bridgehead atoms. The number of aliphatic hydroxyl groups is 1. The molecule has 0 spiro atoms. The zero-order chi connectivity index (χ0) is 10.9. The lowest BCUT2D eigenvalue weighted by Gasteiger charge is -2.36. The highest BCUT2D eigenvalue weighted by atomic mass is 16.5. The van der Waals surface area contributed by atoms with Gasteiger partial charge in [-0.2, -0.15) is 0 Å². The number of aromatic nitrogens is 1. The minimum absolute atomic E-state index is 0.459. The summed E-state index contributed by atoms with van der Waals surface area (Å²) in [6.45, 7) is 5.24. The maximum absolute atomic E-state index is 9.88. The first kappa shape index (κ1) is 10.6. The molecule has 4 heteroatoms. The van der Waals surface area contributed by atoms with Gasteiger partial charge in [-0.3, -0.25) is 0 Å². The molecule has 1 aromatic heterocycles. The van der Waals surface area contributed by atoms with Crippen LogP contribution in [0.25, 0.3) is 0 Å². The summed E-state index contributed by atoms with van der Waals surface area (Å²) in [6.07, 6.45) is 2.98. The highest BCUT2D eigenvalue weighted by Crippen LogP contribution is 2.30. The normalized spacial score (nSPS) is 18.9. The Morgan fingerprint density at radius 2 is 2.20 bits per heavy atom. The van der Waals surface area contributed by atoms with Crippen LogP contribution in [0, 0.1) is 13.8 Å². The van der Waals surface area contributed by atoms with Crippen LogP contribution in [0.3, 0.4) is 0 Å². The first-order valence-corrected chi connectivity index (χ1v) is 5.46. The molecular weight excluding hydrogens is 192 g/mol. The Hall–Kier alpha value is -0.870. The lowest BCUT2D eigenvalue weighted by atomic mass is 9.80. The van der Waals surface area contributed by atoms with Crippen molar-refractivity contribution in [2.45, 2.75) is 45.3 Å². The first-order chi connectivity index (χ1) is 7.11. The molecule has 0 atom stereocenters. The highest BCUT2D eigenvalue weighted by Gasteiger charge is 2.33. The SMILES string of the molecule is Cc1noc(C)c1CNCC1(O)CCC1. The van der Waals surface area contributed by atoms with E-state index in [9.17, 15) is 5.11 Å². The molecule has 1 aliphatic rings. The van der Waals surface area contributed by atoms with Crippen molar-refractivity contribution in [2.24, 2.45) is 0 Å². The van der Waals surface area contributed by atoms with Crippen molar-refractivity contribution in [3.05, 3.63) is 17.0 Å². The van der Waals surface area contributed by atoms with Crippen LogP contribution in [-0.2, 0) is 6.54 Å². The van der Waals surface area contributed by atoms with Gasteiger partial charge in [0, 0.05) is 18.7 Å². The van der Waals surface area contributed by atoms with Gasteiger partial charge in [-0.1, -0.05) is 5.16 Å². The lowest BCUT2D eigenvalue weighted by Crippen LogP contribution is -2.46. The van der Waals surface area contributed by atoms with E-state index in [4.69, 9.17) is 4.52 Å². The van der Waals surface area contributed by atoms with Crippen LogP contribution in [-0.4, -0.2) is 22.4 Å². The maximum Gasteiger partial charge on any atom is 0.138 e. The first-order valence-electron chi connectivity index (χ1n) is 5.46. The Bertz CT molecular complexity index is 323. The Morgan fingerprint density at radius 1 is 1.47 bits per heavy atom. The number of nitrogens with zero attached hydrogens (tertiary/aromatic N) is 1. The highest BCUT2D eigenvalue weighted by molar-refractivity contribution is 5.20. The fourth-order valence-corrected chi connectivity index (χ4v) is 1.94. The van der Waals surface area contributed by atoms with Crippen molar-refractivity contribution < 1.29 is 9.63 Å². The molecule has 0 aromatic carbocycles. The fourth-order valence-electron chi connectivity index (χ4n) is 1.94. The monoisotopic (exact) mass is 210 g/mol. The topological polar surface area (TPSA) is 58.3 Å². The molecule has 0 unspecified atom stereocenters. The third-order valence-corrected chi connectivity index (χ3v) is 3.22. The molecule has 1 heterocycles. The summed E-state index contributed by atoms with van der Waals surface area (Å²) in [7, 11) is 0. The van der Waals surface area contributed by atoms with E-state index >= 15 is 0 Å². The number of rotatable bonds is 4. The van der Waals surface area contributed by atoms with Gasteiger partial charge in [0.1, 0.15) is 5.76 Å². The second kappa shape index (κ2) is 3.94. The third kappa shape index (κ3) is 2.21. The van der Waals surface area contributed by atoms with Crippen molar-refractivity contribution in [2.75, 3.05) is 6.54 Å². The van der Waals surface area contributed by atoms with Gasteiger partial charge in [-0.15, -0.1) is 0 Å². The quantitative estimate of drug-likeness (QED) is 0.786. The van der Waals surface area contributed by atoms with Crippen LogP contribution >= 0.6 is 0 Å². The predicted molar refractivity (Wildman–Crippen MR) is 56.5 cm³/mol. The number of hydrogen-bond donors (Lipinski definition) is 2. The van der Waals surface area contributed by atoms with Gasteiger partial charge in [-0.25, -0.2) is 0 Å². The van der Waals surface area contributed by atoms with Crippen LogP contribution < -0.4 is 5.32 Å². The van der Waals surface area contributed by atoms with Gasteiger partial charge in [0.2, 0.25) is 0 Å². The van der Waals surface area contributed by atoms with Crippen molar-refractivity contribution in [3.8, 4) is 0 Å². The Kier molecular flexibility index (Phi) is 2.80. The second-order valence-electron chi connectivity index (χ2n) is 4.48. The fraction of sp³-hybridized carbons (Fsp3) is 0.727. The van der Waals surface area contributed by atoms with Crippen LogP contribution in [0.4, 0.5) is 0 Å². The van der Waals surface area contributed by atoms with E-state index < -0.39 is 5.60 Å². The largest absolute Gasteiger partial charge is 0.389 e. The minimum Gasteiger partial charge on any atom is -0.389 e. The Labute approximate surface area is 89.7 Å². The summed E-state index contributed by atoms with van der Waals surface area (Å²) < 4.78 is 5.07. The molecule has 0 radical (unpaired) electrons. The number of nitrogens with one attached hydrogen (secondary N) is 1. The molecule has 0 saturated heterocycles. The molecule has 1 saturated carbocycles. The maximum atomic E-state index is 9.88. The third-order valence-electron chi connectivity index (χ3n) is 3.22. The summed E-state index contributed by atoms with van der Waals surface area (Å²) in [5.74, 6) is 0.862. The molecule has 4 nitrogen and oxygen atoms in total. The minimum atomic E-state index is -0.459. The number of hydrogen-bond acceptors (Lipinski definition) is 4. The van der Waals surface area contributed by atoms with E-state index in [0.29, 0.717) is 6.54 Å². The average Bonchev–Trinajstić information content (AvgIpc) is 2.46. The molecule has 2 rings (SSSR count). The molecular formula is C11H18N2O2. The van der Waals surface area contributed by atoms with E-state index in [1.807, 2.05) is 13.8 Å². The van der Waals surface area contributed by atoms with Gasteiger partial charge in [-0.05, 0) is 33.1 Å². The van der Waals surface area contributed by atoms with Gasteiger partial charge >= 0.3 is 0 Å². The summed E-state index contributed by atoms with van der Waals surface area (Å²) in [6, 6.07) is 0. The predicted octanol–water partition coefficient (Wildman–Crippen LogP) is 1.30. The average molecular weight is 210 g/mol. The molecule has 15 heavy (non-hydrogen) atoms. The van der Waals surface area contributed by atoms with E-state index in [2.05, 4.69) is 10.5 Å². The van der Waals surface area contributed by atoms with E-state index in [0.717, 1.165) is 42.8 Å². The molecule has 2 N–H and O–H groups in total. The van der Waals surface area contributed by atoms with E-state index in [-0.39, 0.29) is 0 Å². The van der Waals surface area contributed by atoms with Crippen LogP contribution in [0.1, 0.15) is 36.3 Å². The van der Waals surface area contributed by atoms with Crippen LogP contribution in [0.15, 0.2) is 4.52 Å². The Balaban J connectivity index is 1.83. The summed E-state index contributed by atoms with van der Waals surface area (Å²) in [5, 5.41) is 17.0. The Morgan fingerprint density at radius 3 is 2.67 bits per heavy atom. The summed E-state index contributed by atoms with van der Waals surface area (Å²) in [4.78, 5) is 0. The van der Waals surface area contributed by atoms with Crippen molar-refractivity contribution in [1.82, 2.24) is 10.5 Å². The summed E-state index contributed by atoms with van der Waals surface area (Å²) >= 11 is 0. The second-order valence-corrected chi connectivity index (χ2v) is 4.48. The molecule has 1 aliphatic carbocycles. The molecule has 0 aliphatic heterocycles. The standard InChI is InChI=1S/C11H18N2O2/c1-8-10(9(2)15-13-8)6-12-7-11(14)4-3-5-11/h12,14H,3-7H2,1-2H3. The van der Waals surface area contributed by atoms with Gasteiger partial charge in [0.15, 0.2) is 0 Å². The van der Waals surface area contributed by atoms with E-state index in [1.165, 1.54) is 0 Å². The van der Waals surface area contributed by atoms with Crippen LogP contribution in [0.2, 0.25) is 0 Å². The van der Waals surface area contributed by atoms with Crippen molar-refractivity contribution in [3.63, 3.8) is 0 Å². The molecule has 0 amide bonds. The van der Waals surface area contributed by atoms with Gasteiger partial charge in [0.25, 0.3) is 0 Å². The molecule has 1 aromatic rings. The van der Waals surface area contributed by atoms with E-state index in [1.54, 1.807) is 0 Å². The van der Waals surface area contributed by atoms with Crippen molar-refractivity contribution in [1.29, 1.82) is 0 Å². The molecule has 1 fully saturated rings. The van der Waals surface area contributed by atoms with Gasteiger partial charge < -0.3 is 14.9 Å². The smallest absolute Gasteiger partial charge is 0.138 e. The number of aryl methyl sites for hydroxylation is 2. The zero-order valence-electron chi connectivity index (χ0n) is 9.34. The van der Waals surface area contributed by atoms with Gasteiger partial charge in [0.05, 0.1) is 11.3 Å². The van der Waals surface area contributed by atoms with Crippen LogP contribution in [0.5, 0.6) is 0 Å². The summed E-state index contributed by atoms with van der Waals surface area (Å²) in [5.41, 5.74) is 1.58. The van der Waals surface area contributed by atoms with Crippen molar-refractivity contribution >= 4 is 0 Å². The zero-order valence-corrected chi connectivity index (χ0v) is 9.34. The lowest BCUT2D eigenvalue weighted by molar-refractivity contribution is -0.0315. The molecule has 84 valence electrons.